The summed E-state index contributed by atoms with van der Waals surface area (Å²) in [7, 11) is 2.18. The van der Waals surface area contributed by atoms with Crippen molar-refractivity contribution < 1.29 is 4.74 Å². The lowest BCUT2D eigenvalue weighted by molar-refractivity contribution is 0.119. The zero-order valence-corrected chi connectivity index (χ0v) is 7.10. The molecule has 0 aliphatic carbocycles. The van der Waals surface area contributed by atoms with Gasteiger partial charge >= 0.3 is 0 Å². The highest BCUT2D eigenvalue weighted by atomic mass is 16.5. The van der Waals surface area contributed by atoms with Crippen LogP contribution in [0.25, 0.3) is 0 Å². The van der Waals surface area contributed by atoms with Crippen LogP contribution in [0.15, 0.2) is 0 Å². The molecule has 2 saturated heterocycles. The fourth-order valence-corrected chi connectivity index (χ4v) is 2.03. The molecule has 0 saturated carbocycles. The number of ether oxygens (including phenoxy) is 1. The number of piperazine rings is 1. The molecule has 1 atom stereocenters. The maximum Gasteiger partial charge on any atom is 0.0661 e. The minimum Gasteiger partial charge on any atom is -0.379 e. The van der Waals surface area contributed by atoms with Crippen molar-refractivity contribution in [2.24, 2.45) is 0 Å². The van der Waals surface area contributed by atoms with E-state index in [1.54, 1.807) is 0 Å². The average Bonchev–Trinajstić information content (AvgIpc) is 2.37. The van der Waals surface area contributed by atoms with Crippen LogP contribution < -0.4 is 5.32 Å². The van der Waals surface area contributed by atoms with Crippen molar-refractivity contribution in [3.63, 3.8) is 0 Å². The summed E-state index contributed by atoms with van der Waals surface area (Å²) >= 11 is 0. The van der Waals surface area contributed by atoms with Gasteiger partial charge in [0.1, 0.15) is 0 Å². The molecule has 0 aromatic carbocycles. The van der Waals surface area contributed by atoms with E-state index < -0.39 is 0 Å². The van der Waals surface area contributed by atoms with E-state index in [4.69, 9.17) is 4.74 Å². The van der Waals surface area contributed by atoms with E-state index in [-0.39, 0.29) is 0 Å². The lowest BCUT2D eigenvalue weighted by Gasteiger charge is -2.38. The first kappa shape index (κ1) is 7.53. The Labute approximate surface area is 67.7 Å². The number of likely N-dealkylation sites (N-methyl/N-ethyl adjacent to an activating group) is 1. The first-order valence-electron chi connectivity index (χ1n) is 4.32. The molecule has 2 aliphatic heterocycles. The monoisotopic (exact) mass is 156 g/mol. The van der Waals surface area contributed by atoms with Gasteiger partial charge in [-0.05, 0) is 13.5 Å². The van der Waals surface area contributed by atoms with Crippen LogP contribution >= 0.6 is 0 Å². The molecule has 2 aliphatic rings. The van der Waals surface area contributed by atoms with Crippen LogP contribution in [0.3, 0.4) is 0 Å². The first-order chi connectivity index (χ1) is 5.31. The molecule has 11 heavy (non-hydrogen) atoms. The molecule has 0 bridgehead atoms. The fourth-order valence-electron chi connectivity index (χ4n) is 2.03. The number of rotatable bonds is 0. The van der Waals surface area contributed by atoms with Gasteiger partial charge in [0, 0.05) is 26.2 Å². The van der Waals surface area contributed by atoms with Crippen molar-refractivity contribution in [3.05, 3.63) is 0 Å². The molecule has 2 fully saturated rings. The minimum atomic E-state index is 0.299. The van der Waals surface area contributed by atoms with Crippen molar-refractivity contribution in [1.82, 2.24) is 10.2 Å². The molecule has 3 heteroatoms. The number of nitrogens with zero attached hydrogens (tertiary/aromatic N) is 1. The van der Waals surface area contributed by atoms with Gasteiger partial charge in [-0.3, -0.25) is 0 Å². The molecule has 64 valence electrons. The second kappa shape index (κ2) is 2.73. The Kier molecular flexibility index (Phi) is 1.87. The summed E-state index contributed by atoms with van der Waals surface area (Å²) in [4.78, 5) is 2.38. The van der Waals surface area contributed by atoms with Crippen LogP contribution in [-0.2, 0) is 4.74 Å². The van der Waals surface area contributed by atoms with Gasteiger partial charge in [0.05, 0.1) is 12.1 Å². The van der Waals surface area contributed by atoms with Crippen molar-refractivity contribution in [1.29, 1.82) is 0 Å². The lowest BCUT2D eigenvalue weighted by Crippen LogP contribution is -2.59. The molecule has 0 radical (unpaired) electrons. The van der Waals surface area contributed by atoms with Crippen LogP contribution in [0.1, 0.15) is 6.42 Å². The van der Waals surface area contributed by atoms with Crippen molar-refractivity contribution in [2.45, 2.75) is 12.0 Å². The summed E-state index contributed by atoms with van der Waals surface area (Å²) in [5, 5.41) is 3.56. The Bertz CT molecular complexity index is 143. The summed E-state index contributed by atoms with van der Waals surface area (Å²) in [6, 6.07) is 0. The third-order valence-electron chi connectivity index (χ3n) is 2.67. The largest absolute Gasteiger partial charge is 0.379 e. The normalized spacial score (nSPS) is 40.1. The molecule has 1 spiro atoms. The summed E-state index contributed by atoms with van der Waals surface area (Å²) in [6.45, 7) is 5.26. The summed E-state index contributed by atoms with van der Waals surface area (Å²) in [5.41, 5.74) is 0.299. The zero-order valence-electron chi connectivity index (χ0n) is 7.10. The van der Waals surface area contributed by atoms with Crippen molar-refractivity contribution in [2.75, 3.05) is 39.9 Å². The standard InChI is InChI=1S/C8H16N2O/c1-10-4-3-9-8(6-10)2-5-11-7-8/h9H,2-7H2,1H3/t8-/m0/s1. The van der Waals surface area contributed by atoms with Gasteiger partial charge in [0.25, 0.3) is 0 Å². The fraction of sp³-hybridized carbons (Fsp3) is 1.00. The molecule has 0 amide bonds. The maximum absolute atomic E-state index is 5.40. The van der Waals surface area contributed by atoms with E-state index in [2.05, 4.69) is 17.3 Å². The number of hydrogen-bond acceptors (Lipinski definition) is 3. The number of nitrogens with one attached hydrogen (secondary N) is 1. The Hall–Kier alpha value is -0.120. The molecular weight excluding hydrogens is 140 g/mol. The highest BCUT2D eigenvalue weighted by molar-refractivity contribution is 4.96. The summed E-state index contributed by atoms with van der Waals surface area (Å²) < 4.78 is 5.40. The first-order valence-corrected chi connectivity index (χ1v) is 4.32. The van der Waals surface area contributed by atoms with Gasteiger partial charge in [-0.2, -0.15) is 0 Å². The van der Waals surface area contributed by atoms with Gasteiger partial charge in [-0.15, -0.1) is 0 Å². The molecule has 1 N–H and O–H groups in total. The van der Waals surface area contributed by atoms with Crippen molar-refractivity contribution >= 4 is 0 Å². The van der Waals surface area contributed by atoms with E-state index in [9.17, 15) is 0 Å². The zero-order chi connectivity index (χ0) is 7.73. The minimum absolute atomic E-state index is 0.299. The molecule has 0 unspecified atom stereocenters. The van der Waals surface area contributed by atoms with Gasteiger partial charge in [0.2, 0.25) is 0 Å². The van der Waals surface area contributed by atoms with E-state index in [1.165, 1.54) is 13.0 Å². The smallest absolute Gasteiger partial charge is 0.0661 e. The molecule has 2 heterocycles. The molecule has 0 aromatic rings. The summed E-state index contributed by atoms with van der Waals surface area (Å²) in [5.74, 6) is 0. The Morgan fingerprint density at radius 1 is 1.55 bits per heavy atom. The van der Waals surface area contributed by atoms with E-state index >= 15 is 0 Å². The Morgan fingerprint density at radius 3 is 3.09 bits per heavy atom. The lowest BCUT2D eigenvalue weighted by atomic mass is 9.96. The molecule has 3 nitrogen and oxygen atoms in total. The molecule has 0 aromatic heterocycles. The van der Waals surface area contributed by atoms with E-state index in [1.807, 2.05) is 0 Å². The summed E-state index contributed by atoms with van der Waals surface area (Å²) in [6.07, 6.45) is 1.18. The maximum atomic E-state index is 5.40. The highest BCUT2D eigenvalue weighted by Crippen LogP contribution is 2.21. The highest BCUT2D eigenvalue weighted by Gasteiger charge is 2.37. The third-order valence-corrected chi connectivity index (χ3v) is 2.67. The third kappa shape index (κ3) is 1.41. The molecular formula is C8H16N2O. The quantitative estimate of drug-likeness (QED) is 0.520. The topological polar surface area (TPSA) is 24.5 Å². The van der Waals surface area contributed by atoms with Gasteiger partial charge in [0.15, 0.2) is 0 Å². The number of hydrogen-bond donors (Lipinski definition) is 1. The van der Waals surface area contributed by atoms with Crippen LogP contribution in [0.2, 0.25) is 0 Å². The van der Waals surface area contributed by atoms with Crippen LogP contribution in [0, 0.1) is 0 Å². The van der Waals surface area contributed by atoms with Gasteiger partial charge in [-0.25, -0.2) is 0 Å². The second-order valence-electron chi connectivity index (χ2n) is 3.75. The predicted octanol–water partition coefficient (Wildman–Crippen LogP) is -0.319. The van der Waals surface area contributed by atoms with Crippen molar-refractivity contribution in [3.8, 4) is 0 Å². The average molecular weight is 156 g/mol. The SMILES string of the molecule is CN1CCN[C@@]2(CCOC2)C1. The van der Waals surface area contributed by atoms with Crippen LogP contribution in [0.4, 0.5) is 0 Å². The van der Waals surface area contributed by atoms with E-state index in [0.717, 1.165) is 26.3 Å². The molecule has 2 rings (SSSR count). The Morgan fingerprint density at radius 2 is 2.45 bits per heavy atom. The van der Waals surface area contributed by atoms with E-state index in [0.29, 0.717) is 5.54 Å². The van der Waals surface area contributed by atoms with Gasteiger partial charge < -0.3 is 15.0 Å². The second-order valence-corrected chi connectivity index (χ2v) is 3.75. The van der Waals surface area contributed by atoms with Gasteiger partial charge in [-0.1, -0.05) is 0 Å². The predicted molar refractivity (Wildman–Crippen MR) is 43.7 cm³/mol. The van der Waals surface area contributed by atoms with Crippen LogP contribution in [0.5, 0.6) is 0 Å². The van der Waals surface area contributed by atoms with Crippen LogP contribution in [-0.4, -0.2) is 50.3 Å². The Balaban J connectivity index is 2.00.